The second-order valence-corrected chi connectivity index (χ2v) is 8.94. The molecule has 1 amide bonds. The van der Waals surface area contributed by atoms with Gasteiger partial charge in [0.1, 0.15) is 11.0 Å². The number of carbonyl (C=O) groups excluding carboxylic acids is 1. The first-order valence-electron chi connectivity index (χ1n) is 10.3. The molecule has 0 aliphatic heterocycles. The number of thioether (sulfide) groups is 1. The van der Waals surface area contributed by atoms with Gasteiger partial charge in [-0.3, -0.25) is 9.36 Å². The second kappa shape index (κ2) is 10.1. The molecule has 1 heterocycles. The monoisotopic (exact) mass is 478 g/mol. The molecule has 8 heteroatoms. The molecule has 0 aliphatic carbocycles. The topological polar surface area (TPSA) is 60.2 Å². The van der Waals surface area contributed by atoms with Crippen molar-refractivity contribution in [3.05, 3.63) is 89.4 Å². The summed E-state index contributed by atoms with van der Waals surface area (Å²) < 4.78 is 7.23. The van der Waals surface area contributed by atoms with Crippen LogP contribution >= 0.6 is 23.4 Å². The molecule has 4 rings (SSSR count). The standard InChI is InChI=1S/C25H23ClN4O2S/c1-29(2)24(31)22(17-9-5-4-6-10-17)33-25-28-27-23(20-11-7-8-12-21(20)26)30(25)18-13-15-19(32-3)16-14-18/h4-16,22H,1-3H3/t22-/m1/s1. The summed E-state index contributed by atoms with van der Waals surface area (Å²) in [4.78, 5) is 14.7. The van der Waals surface area contributed by atoms with Gasteiger partial charge in [-0.2, -0.15) is 0 Å². The largest absolute Gasteiger partial charge is 0.497 e. The fraction of sp³-hybridized carbons (Fsp3) is 0.160. The van der Waals surface area contributed by atoms with Crippen LogP contribution in [0.3, 0.4) is 0 Å². The van der Waals surface area contributed by atoms with Gasteiger partial charge in [-0.25, -0.2) is 0 Å². The SMILES string of the molecule is COc1ccc(-n2c(S[C@@H](C(=O)N(C)C)c3ccccc3)nnc2-c2ccccc2Cl)cc1. The number of benzene rings is 3. The highest BCUT2D eigenvalue weighted by Crippen LogP contribution is 2.39. The molecule has 6 nitrogen and oxygen atoms in total. The van der Waals surface area contributed by atoms with Crippen molar-refractivity contribution in [3.8, 4) is 22.8 Å². The van der Waals surface area contributed by atoms with E-state index < -0.39 is 5.25 Å². The molecule has 0 fully saturated rings. The molecule has 0 radical (unpaired) electrons. The molecule has 0 saturated heterocycles. The van der Waals surface area contributed by atoms with Crippen molar-refractivity contribution in [1.82, 2.24) is 19.7 Å². The van der Waals surface area contributed by atoms with Crippen molar-refractivity contribution in [3.63, 3.8) is 0 Å². The van der Waals surface area contributed by atoms with Crippen molar-refractivity contribution >= 4 is 29.3 Å². The van der Waals surface area contributed by atoms with Crippen LogP contribution in [0, 0.1) is 0 Å². The van der Waals surface area contributed by atoms with E-state index in [2.05, 4.69) is 10.2 Å². The number of ether oxygens (including phenoxy) is 1. The average Bonchev–Trinajstić information content (AvgIpc) is 3.26. The predicted octanol–water partition coefficient (Wildman–Crippen LogP) is 5.52. The predicted molar refractivity (Wildman–Crippen MR) is 132 cm³/mol. The summed E-state index contributed by atoms with van der Waals surface area (Å²) in [5, 5.41) is 9.61. The lowest BCUT2D eigenvalue weighted by Crippen LogP contribution is -2.27. The van der Waals surface area contributed by atoms with E-state index in [9.17, 15) is 4.79 Å². The summed E-state index contributed by atoms with van der Waals surface area (Å²) in [6.45, 7) is 0. The summed E-state index contributed by atoms with van der Waals surface area (Å²) >= 11 is 7.85. The third kappa shape index (κ3) is 4.89. The molecule has 0 spiro atoms. The summed E-state index contributed by atoms with van der Waals surface area (Å²) in [5.41, 5.74) is 2.48. The van der Waals surface area contributed by atoms with Gasteiger partial charge in [-0.1, -0.05) is 65.8 Å². The van der Waals surface area contributed by atoms with Gasteiger partial charge in [0.15, 0.2) is 11.0 Å². The number of nitrogens with zero attached hydrogens (tertiary/aromatic N) is 4. The number of methoxy groups -OCH3 is 1. The Morgan fingerprint density at radius 3 is 2.27 bits per heavy atom. The summed E-state index contributed by atoms with van der Waals surface area (Å²) in [6.07, 6.45) is 0. The lowest BCUT2D eigenvalue weighted by molar-refractivity contribution is -0.128. The van der Waals surface area contributed by atoms with Crippen LogP contribution in [0.25, 0.3) is 17.1 Å². The van der Waals surface area contributed by atoms with Crippen LogP contribution in [0.5, 0.6) is 5.75 Å². The van der Waals surface area contributed by atoms with E-state index >= 15 is 0 Å². The van der Waals surface area contributed by atoms with Crippen molar-refractivity contribution < 1.29 is 9.53 Å². The number of aromatic nitrogens is 3. The van der Waals surface area contributed by atoms with E-state index in [0.717, 1.165) is 22.6 Å². The molecule has 33 heavy (non-hydrogen) atoms. The first kappa shape index (κ1) is 22.9. The van der Waals surface area contributed by atoms with Crippen LogP contribution in [-0.2, 0) is 4.79 Å². The third-order valence-corrected chi connectivity index (χ3v) is 6.58. The number of halogens is 1. The van der Waals surface area contributed by atoms with E-state index in [1.165, 1.54) is 11.8 Å². The second-order valence-electron chi connectivity index (χ2n) is 7.46. The van der Waals surface area contributed by atoms with Crippen LogP contribution < -0.4 is 4.74 Å². The van der Waals surface area contributed by atoms with E-state index in [1.54, 1.807) is 26.1 Å². The molecular formula is C25H23ClN4O2S. The van der Waals surface area contributed by atoms with Crippen LogP contribution in [-0.4, -0.2) is 46.8 Å². The van der Waals surface area contributed by atoms with E-state index in [0.29, 0.717) is 16.0 Å². The first-order valence-corrected chi connectivity index (χ1v) is 11.5. The van der Waals surface area contributed by atoms with Crippen molar-refractivity contribution in [1.29, 1.82) is 0 Å². The lowest BCUT2D eigenvalue weighted by atomic mass is 10.1. The number of likely N-dealkylation sites (N-methyl/N-ethyl adjacent to an activating group) is 1. The Hall–Kier alpha value is -3.29. The number of carbonyl (C=O) groups is 1. The van der Waals surface area contributed by atoms with E-state index in [1.807, 2.05) is 83.4 Å². The van der Waals surface area contributed by atoms with Crippen LogP contribution in [0.4, 0.5) is 0 Å². The molecule has 1 aromatic heterocycles. The highest BCUT2D eigenvalue weighted by molar-refractivity contribution is 8.00. The molecule has 168 valence electrons. The normalized spacial score (nSPS) is 11.8. The maximum Gasteiger partial charge on any atom is 0.240 e. The number of hydrogen-bond donors (Lipinski definition) is 0. The highest BCUT2D eigenvalue weighted by Gasteiger charge is 2.28. The number of amides is 1. The zero-order chi connectivity index (χ0) is 23.4. The average molecular weight is 479 g/mol. The lowest BCUT2D eigenvalue weighted by Gasteiger charge is -2.21. The fourth-order valence-corrected chi connectivity index (χ4v) is 4.78. The highest BCUT2D eigenvalue weighted by atomic mass is 35.5. The minimum Gasteiger partial charge on any atom is -0.497 e. The van der Waals surface area contributed by atoms with Gasteiger partial charge >= 0.3 is 0 Å². The fourth-order valence-electron chi connectivity index (χ4n) is 3.36. The Bertz CT molecular complexity index is 1240. The van der Waals surface area contributed by atoms with Gasteiger partial charge in [-0.15, -0.1) is 10.2 Å². The number of hydrogen-bond acceptors (Lipinski definition) is 5. The van der Waals surface area contributed by atoms with Gasteiger partial charge in [-0.05, 0) is 42.0 Å². The van der Waals surface area contributed by atoms with Gasteiger partial charge < -0.3 is 9.64 Å². The quantitative estimate of drug-likeness (QED) is 0.327. The van der Waals surface area contributed by atoms with Crippen LogP contribution in [0.1, 0.15) is 10.8 Å². The Morgan fingerprint density at radius 1 is 0.970 bits per heavy atom. The van der Waals surface area contributed by atoms with Crippen molar-refractivity contribution in [2.24, 2.45) is 0 Å². The molecule has 0 N–H and O–H groups in total. The molecular weight excluding hydrogens is 456 g/mol. The zero-order valence-electron chi connectivity index (χ0n) is 18.5. The van der Waals surface area contributed by atoms with Gasteiger partial charge in [0, 0.05) is 25.3 Å². The Morgan fingerprint density at radius 2 is 1.64 bits per heavy atom. The molecule has 0 saturated carbocycles. The molecule has 3 aromatic carbocycles. The first-order chi connectivity index (χ1) is 16.0. The van der Waals surface area contributed by atoms with Crippen LogP contribution in [0.2, 0.25) is 5.02 Å². The van der Waals surface area contributed by atoms with Crippen LogP contribution in [0.15, 0.2) is 84.0 Å². The minimum absolute atomic E-state index is 0.0326. The van der Waals surface area contributed by atoms with Gasteiger partial charge in [0.25, 0.3) is 0 Å². The summed E-state index contributed by atoms with van der Waals surface area (Å²) in [7, 11) is 5.13. The minimum atomic E-state index is -0.485. The number of rotatable bonds is 7. The summed E-state index contributed by atoms with van der Waals surface area (Å²) in [5.74, 6) is 1.30. The molecule has 0 aliphatic rings. The van der Waals surface area contributed by atoms with E-state index in [4.69, 9.17) is 16.3 Å². The maximum atomic E-state index is 13.1. The third-order valence-electron chi connectivity index (χ3n) is 5.07. The Kier molecular flexibility index (Phi) is 7.01. The van der Waals surface area contributed by atoms with Crippen molar-refractivity contribution in [2.45, 2.75) is 10.4 Å². The van der Waals surface area contributed by atoms with E-state index in [-0.39, 0.29) is 5.91 Å². The van der Waals surface area contributed by atoms with Gasteiger partial charge in [0.05, 0.1) is 12.1 Å². The zero-order valence-corrected chi connectivity index (χ0v) is 20.0. The maximum absolute atomic E-state index is 13.1. The Labute approximate surface area is 202 Å². The molecule has 0 bridgehead atoms. The molecule has 0 unspecified atom stereocenters. The Balaban J connectivity index is 1.85. The van der Waals surface area contributed by atoms with Crippen molar-refractivity contribution in [2.75, 3.05) is 21.2 Å². The van der Waals surface area contributed by atoms with Gasteiger partial charge in [0.2, 0.25) is 5.91 Å². The summed E-state index contributed by atoms with van der Waals surface area (Å²) in [6, 6.07) is 24.8. The smallest absolute Gasteiger partial charge is 0.240 e. The molecule has 1 atom stereocenters. The molecule has 4 aromatic rings.